The van der Waals surface area contributed by atoms with Gasteiger partial charge in [-0.05, 0) is 30.9 Å². The molecule has 0 aromatic carbocycles. The van der Waals surface area contributed by atoms with E-state index in [4.69, 9.17) is 11.6 Å². The van der Waals surface area contributed by atoms with Crippen LogP contribution in [-0.2, 0) is 10.0 Å². The molecule has 0 bridgehead atoms. The fourth-order valence-corrected chi connectivity index (χ4v) is 4.37. The molecule has 0 saturated carbocycles. The number of hydrogen-bond donors (Lipinski definition) is 0. The highest BCUT2D eigenvalue weighted by molar-refractivity contribution is 7.89. The van der Waals surface area contributed by atoms with Crippen molar-refractivity contribution in [3.8, 4) is 0 Å². The second kappa shape index (κ2) is 7.38. The van der Waals surface area contributed by atoms with Crippen molar-refractivity contribution in [2.75, 3.05) is 6.54 Å². The van der Waals surface area contributed by atoms with E-state index in [1.54, 1.807) is 4.31 Å². The van der Waals surface area contributed by atoms with E-state index in [1.165, 1.54) is 18.3 Å². The fourth-order valence-electron chi connectivity index (χ4n) is 2.18. The van der Waals surface area contributed by atoms with Gasteiger partial charge in [0.1, 0.15) is 5.15 Å². The minimum absolute atomic E-state index is 0.00865. The molecule has 1 heterocycles. The lowest BCUT2D eigenvalue weighted by Gasteiger charge is -2.31. The Bertz CT molecular complexity index is 528. The van der Waals surface area contributed by atoms with Crippen molar-refractivity contribution in [3.63, 3.8) is 0 Å². The molecule has 1 rings (SSSR count). The maximum absolute atomic E-state index is 12.8. The number of halogens is 1. The van der Waals surface area contributed by atoms with Crippen LogP contribution in [0.3, 0.4) is 0 Å². The van der Waals surface area contributed by atoms with Gasteiger partial charge < -0.3 is 0 Å². The van der Waals surface area contributed by atoms with Gasteiger partial charge in [0.25, 0.3) is 0 Å². The normalized spacial score (nSPS) is 12.6. The first-order valence-corrected chi connectivity index (χ1v) is 8.78. The number of hydrogen-bond acceptors (Lipinski definition) is 3. The molecule has 6 heteroatoms. The van der Waals surface area contributed by atoms with E-state index < -0.39 is 10.0 Å². The second-order valence-electron chi connectivity index (χ2n) is 5.25. The Morgan fingerprint density at radius 3 is 2.35 bits per heavy atom. The predicted octanol–water partition coefficient (Wildman–Crippen LogP) is 3.57. The Morgan fingerprint density at radius 2 is 1.90 bits per heavy atom. The Labute approximate surface area is 127 Å². The third-order valence-electron chi connectivity index (χ3n) is 3.20. The molecule has 0 fully saturated rings. The van der Waals surface area contributed by atoms with E-state index in [9.17, 15) is 8.42 Å². The van der Waals surface area contributed by atoms with Gasteiger partial charge in [0.15, 0.2) is 0 Å². The van der Waals surface area contributed by atoms with Crippen LogP contribution in [0.15, 0.2) is 23.2 Å². The van der Waals surface area contributed by atoms with Crippen LogP contribution in [0.1, 0.15) is 40.5 Å². The number of aromatic nitrogens is 1. The molecule has 0 spiro atoms. The van der Waals surface area contributed by atoms with E-state index in [0.717, 1.165) is 12.8 Å². The van der Waals surface area contributed by atoms with Crippen LogP contribution in [0.4, 0.5) is 0 Å². The van der Waals surface area contributed by atoms with Crippen molar-refractivity contribution in [1.82, 2.24) is 9.29 Å². The summed E-state index contributed by atoms with van der Waals surface area (Å²) < 4.78 is 27.2. The highest BCUT2D eigenvalue weighted by Gasteiger charge is 2.30. The summed E-state index contributed by atoms with van der Waals surface area (Å²) in [5, 5.41) is 0.195. The zero-order valence-corrected chi connectivity index (χ0v) is 14.1. The molecular weight excluding hydrogens is 296 g/mol. The standard InChI is InChI=1S/C14H23ClN2O2S/c1-5-12(6-2)17(10-11(3)4)20(18,19)13-7-8-16-14(15)9-13/h7-9,11-12H,5-6,10H2,1-4H3. The van der Waals surface area contributed by atoms with Crippen LogP contribution in [0, 0.1) is 5.92 Å². The van der Waals surface area contributed by atoms with E-state index >= 15 is 0 Å². The zero-order valence-electron chi connectivity index (χ0n) is 12.5. The molecule has 0 radical (unpaired) electrons. The van der Waals surface area contributed by atoms with Gasteiger partial charge >= 0.3 is 0 Å². The molecule has 1 aromatic rings. The summed E-state index contributed by atoms with van der Waals surface area (Å²) in [7, 11) is -3.53. The van der Waals surface area contributed by atoms with Gasteiger partial charge in [0, 0.05) is 18.8 Å². The number of rotatable bonds is 7. The third kappa shape index (κ3) is 4.17. The van der Waals surface area contributed by atoms with E-state index in [0.29, 0.717) is 6.54 Å². The van der Waals surface area contributed by atoms with Crippen molar-refractivity contribution in [1.29, 1.82) is 0 Å². The molecule has 0 amide bonds. The van der Waals surface area contributed by atoms with Gasteiger partial charge in [0.2, 0.25) is 10.0 Å². The third-order valence-corrected chi connectivity index (χ3v) is 5.32. The van der Waals surface area contributed by atoms with E-state index in [1.807, 2.05) is 27.7 Å². The summed E-state index contributed by atoms with van der Waals surface area (Å²) in [6, 6.07) is 2.91. The summed E-state index contributed by atoms with van der Waals surface area (Å²) in [5.74, 6) is 0.266. The minimum atomic E-state index is -3.53. The fraction of sp³-hybridized carbons (Fsp3) is 0.643. The first-order valence-electron chi connectivity index (χ1n) is 6.96. The van der Waals surface area contributed by atoms with Crippen molar-refractivity contribution < 1.29 is 8.42 Å². The molecule has 0 unspecified atom stereocenters. The Balaban J connectivity index is 3.23. The molecule has 1 aromatic heterocycles. The maximum Gasteiger partial charge on any atom is 0.243 e. The molecule has 114 valence electrons. The summed E-state index contributed by atoms with van der Waals surface area (Å²) >= 11 is 5.81. The van der Waals surface area contributed by atoms with Gasteiger partial charge in [-0.1, -0.05) is 39.3 Å². The van der Waals surface area contributed by atoms with E-state index in [-0.39, 0.29) is 22.0 Å². The molecule has 20 heavy (non-hydrogen) atoms. The maximum atomic E-state index is 12.8. The highest BCUT2D eigenvalue weighted by Crippen LogP contribution is 2.23. The first-order chi connectivity index (χ1) is 9.32. The lowest BCUT2D eigenvalue weighted by molar-refractivity contribution is 0.277. The largest absolute Gasteiger partial charge is 0.244 e. The Morgan fingerprint density at radius 1 is 1.30 bits per heavy atom. The molecule has 4 nitrogen and oxygen atoms in total. The smallest absolute Gasteiger partial charge is 0.243 e. The summed E-state index contributed by atoms with van der Waals surface area (Å²) in [5.41, 5.74) is 0. The predicted molar refractivity (Wildman–Crippen MR) is 82.3 cm³/mol. The number of nitrogens with zero attached hydrogens (tertiary/aromatic N) is 2. The highest BCUT2D eigenvalue weighted by atomic mass is 35.5. The molecular formula is C14H23ClN2O2S. The zero-order chi connectivity index (χ0) is 15.3. The minimum Gasteiger partial charge on any atom is -0.244 e. The Hall–Kier alpha value is -0.650. The van der Waals surface area contributed by atoms with Crippen molar-refractivity contribution in [2.45, 2.75) is 51.5 Å². The van der Waals surface area contributed by atoms with Crippen molar-refractivity contribution in [3.05, 3.63) is 23.5 Å². The van der Waals surface area contributed by atoms with Gasteiger partial charge in [-0.2, -0.15) is 4.31 Å². The lowest BCUT2D eigenvalue weighted by Crippen LogP contribution is -2.41. The SMILES string of the molecule is CCC(CC)N(CC(C)C)S(=O)(=O)c1ccnc(Cl)c1. The monoisotopic (exact) mass is 318 g/mol. The van der Waals surface area contributed by atoms with Gasteiger partial charge in [0.05, 0.1) is 4.90 Å². The average Bonchev–Trinajstić information content (AvgIpc) is 2.38. The second-order valence-corrected chi connectivity index (χ2v) is 7.53. The summed E-state index contributed by atoms with van der Waals surface area (Å²) in [6.45, 7) is 8.57. The number of pyridine rings is 1. The van der Waals surface area contributed by atoms with Crippen LogP contribution in [-0.4, -0.2) is 30.3 Å². The van der Waals surface area contributed by atoms with Crippen LogP contribution in [0.5, 0.6) is 0 Å². The average molecular weight is 319 g/mol. The number of sulfonamides is 1. The molecule has 0 N–H and O–H groups in total. The molecule has 0 atom stereocenters. The van der Waals surface area contributed by atoms with Crippen LogP contribution in [0.2, 0.25) is 5.15 Å². The summed E-state index contributed by atoms with van der Waals surface area (Å²) in [4.78, 5) is 4.05. The molecule has 0 aliphatic heterocycles. The van der Waals surface area contributed by atoms with Crippen LogP contribution in [0.25, 0.3) is 0 Å². The summed E-state index contributed by atoms with van der Waals surface area (Å²) in [6.07, 6.45) is 3.01. The molecule has 0 aliphatic carbocycles. The van der Waals surface area contributed by atoms with Crippen molar-refractivity contribution in [2.24, 2.45) is 5.92 Å². The van der Waals surface area contributed by atoms with Gasteiger partial charge in [-0.25, -0.2) is 13.4 Å². The van der Waals surface area contributed by atoms with Crippen LogP contribution >= 0.6 is 11.6 Å². The van der Waals surface area contributed by atoms with Gasteiger partial charge in [-0.3, -0.25) is 0 Å². The van der Waals surface area contributed by atoms with Crippen molar-refractivity contribution >= 4 is 21.6 Å². The Kier molecular flexibility index (Phi) is 6.43. The van der Waals surface area contributed by atoms with Gasteiger partial charge in [-0.15, -0.1) is 0 Å². The quantitative estimate of drug-likeness (QED) is 0.722. The van der Waals surface area contributed by atoms with E-state index in [2.05, 4.69) is 4.98 Å². The van der Waals surface area contributed by atoms with Crippen LogP contribution < -0.4 is 0 Å². The lowest BCUT2D eigenvalue weighted by atomic mass is 10.1. The first kappa shape index (κ1) is 17.4. The molecule has 0 aliphatic rings. The topological polar surface area (TPSA) is 50.3 Å². The molecule has 0 saturated heterocycles.